The molecule has 0 unspecified atom stereocenters. The molecule has 0 saturated carbocycles. The second-order valence-electron chi connectivity index (χ2n) is 4.10. The molecule has 1 aromatic carbocycles. The van der Waals surface area contributed by atoms with Gasteiger partial charge in [0, 0.05) is 16.2 Å². The molecule has 1 aromatic heterocycles. The van der Waals surface area contributed by atoms with Gasteiger partial charge in [-0.3, -0.25) is 0 Å². The zero-order valence-corrected chi connectivity index (χ0v) is 12.5. The van der Waals surface area contributed by atoms with Crippen molar-refractivity contribution >= 4 is 31.9 Å². The highest BCUT2D eigenvalue weighted by atomic mass is 79.9. The van der Waals surface area contributed by atoms with Gasteiger partial charge in [-0.25, -0.2) is 0 Å². The third-order valence-electron chi connectivity index (χ3n) is 3.22. The molecule has 1 aliphatic carbocycles. The van der Waals surface area contributed by atoms with Crippen LogP contribution in [-0.2, 0) is 12.8 Å². The molecule has 2 aromatic rings. The van der Waals surface area contributed by atoms with Crippen molar-refractivity contribution in [2.24, 2.45) is 0 Å². The number of aromatic nitrogens is 1. The van der Waals surface area contributed by atoms with Crippen LogP contribution >= 0.6 is 31.9 Å². The number of benzene rings is 1. The van der Waals surface area contributed by atoms with Crippen LogP contribution in [-0.4, -0.2) is 12.1 Å². The van der Waals surface area contributed by atoms with E-state index in [0.29, 0.717) is 0 Å². The summed E-state index contributed by atoms with van der Waals surface area (Å²) >= 11 is 7.19. The van der Waals surface area contributed by atoms with Gasteiger partial charge in [0.15, 0.2) is 0 Å². The van der Waals surface area contributed by atoms with Crippen LogP contribution in [0.4, 0.5) is 0 Å². The minimum atomic E-state index is 0.909. The Morgan fingerprint density at radius 2 is 2.06 bits per heavy atom. The molecule has 1 N–H and O–H groups in total. The summed E-state index contributed by atoms with van der Waals surface area (Å²) in [5.74, 6) is 0.909. The Morgan fingerprint density at radius 3 is 2.82 bits per heavy atom. The van der Waals surface area contributed by atoms with E-state index in [4.69, 9.17) is 4.74 Å². The number of fused-ring (bicyclic) bond motifs is 3. The molecule has 0 atom stereocenters. The Bertz CT molecular complexity index is 569. The van der Waals surface area contributed by atoms with Crippen LogP contribution < -0.4 is 4.74 Å². The van der Waals surface area contributed by atoms with Gasteiger partial charge in [0.1, 0.15) is 5.75 Å². The number of methoxy groups -OCH3 is 1. The van der Waals surface area contributed by atoms with Gasteiger partial charge >= 0.3 is 0 Å². The van der Waals surface area contributed by atoms with Gasteiger partial charge in [0.05, 0.1) is 17.3 Å². The minimum absolute atomic E-state index is 0.909. The number of aryl methyl sites for hydroxylation is 1. The van der Waals surface area contributed by atoms with E-state index in [1.165, 1.54) is 22.4 Å². The maximum atomic E-state index is 5.54. The standard InChI is InChI=1S/C13H11Br2NO/c1-17-13-10(15)6-9(14)8-3-2-7-4-5-16-12(7)11(8)13/h4-6,16H,2-3H2,1H3. The summed E-state index contributed by atoms with van der Waals surface area (Å²) in [5.41, 5.74) is 5.05. The van der Waals surface area contributed by atoms with E-state index in [0.717, 1.165) is 27.5 Å². The summed E-state index contributed by atoms with van der Waals surface area (Å²) in [6.07, 6.45) is 4.12. The van der Waals surface area contributed by atoms with E-state index in [1.54, 1.807) is 7.11 Å². The summed E-state index contributed by atoms with van der Waals surface area (Å²) in [4.78, 5) is 3.32. The first-order valence-corrected chi connectivity index (χ1v) is 7.02. The predicted octanol–water partition coefficient (Wildman–Crippen LogP) is 4.31. The number of hydrogen-bond donors (Lipinski definition) is 1. The molecule has 0 spiro atoms. The summed E-state index contributed by atoms with van der Waals surface area (Å²) < 4.78 is 7.66. The second-order valence-corrected chi connectivity index (χ2v) is 5.81. The first-order valence-electron chi connectivity index (χ1n) is 5.44. The fraction of sp³-hybridized carbons (Fsp3) is 0.231. The second kappa shape index (κ2) is 4.18. The Hall–Kier alpha value is -0.740. The van der Waals surface area contributed by atoms with Crippen LogP contribution in [0, 0.1) is 0 Å². The zero-order chi connectivity index (χ0) is 12.0. The molecule has 2 nitrogen and oxygen atoms in total. The molecule has 0 bridgehead atoms. The minimum Gasteiger partial charge on any atom is -0.495 e. The van der Waals surface area contributed by atoms with Gasteiger partial charge in [-0.15, -0.1) is 0 Å². The lowest BCUT2D eigenvalue weighted by atomic mass is 9.90. The smallest absolute Gasteiger partial charge is 0.142 e. The highest BCUT2D eigenvalue weighted by Gasteiger charge is 2.24. The molecular weight excluding hydrogens is 346 g/mol. The molecule has 1 aliphatic rings. The number of halogens is 2. The number of H-pyrrole nitrogens is 1. The number of aromatic amines is 1. The van der Waals surface area contributed by atoms with Crippen molar-refractivity contribution < 1.29 is 4.74 Å². The van der Waals surface area contributed by atoms with Crippen LogP contribution in [0.1, 0.15) is 11.1 Å². The summed E-state index contributed by atoms with van der Waals surface area (Å²) in [5, 5.41) is 0. The fourth-order valence-electron chi connectivity index (χ4n) is 2.45. The average Bonchev–Trinajstić information content (AvgIpc) is 2.77. The highest BCUT2D eigenvalue weighted by Crippen LogP contribution is 2.46. The largest absolute Gasteiger partial charge is 0.495 e. The van der Waals surface area contributed by atoms with Crippen molar-refractivity contribution in [3.63, 3.8) is 0 Å². The third kappa shape index (κ3) is 1.66. The van der Waals surface area contributed by atoms with Gasteiger partial charge in [0.2, 0.25) is 0 Å². The van der Waals surface area contributed by atoms with E-state index >= 15 is 0 Å². The molecule has 1 heterocycles. The molecule has 0 saturated heterocycles. The third-order valence-corrected chi connectivity index (χ3v) is 4.52. The molecule has 0 fully saturated rings. The topological polar surface area (TPSA) is 25.0 Å². The molecule has 0 radical (unpaired) electrons. The molecule has 3 rings (SSSR count). The number of rotatable bonds is 1. The monoisotopic (exact) mass is 355 g/mol. The molecule has 17 heavy (non-hydrogen) atoms. The van der Waals surface area contributed by atoms with Gasteiger partial charge in [0.25, 0.3) is 0 Å². The van der Waals surface area contributed by atoms with Crippen molar-refractivity contribution in [3.8, 4) is 17.0 Å². The SMILES string of the molecule is COc1c(Br)cc(Br)c2c1-c1[nH]ccc1CC2. The van der Waals surface area contributed by atoms with Crippen molar-refractivity contribution in [2.75, 3.05) is 7.11 Å². The summed E-state index contributed by atoms with van der Waals surface area (Å²) in [7, 11) is 1.71. The predicted molar refractivity (Wildman–Crippen MR) is 75.6 cm³/mol. The molecule has 88 valence electrons. The average molecular weight is 357 g/mol. The van der Waals surface area contributed by atoms with E-state index in [1.807, 2.05) is 6.20 Å². The Balaban J connectivity index is 2.37. The molecule has 0 amide bonds. The van der Waals surface area contributed by atoms with Crippen molar-refractivity contribution in [3.05, 3.63) is 38.4 Å². The fourth-order valence-corrected chi connectivity index (χ4v) is 3.97. The quantitative estimate of drug-likeness (QED) is 0.808. The summed E-state index contributed by atoms with van der Waals surface area (Å²) in [6, 6.07) is 4.21. The first-order chi connectivity index (χ1) is 8.22. The molecule has 0 aliphatic heterocycles. The molecular formula is C13H11Br2NO. The number of nitrogens with one attached hydrogen (secondary N) is 1. The van der Waals surface area contributed by atoms with E-state index in [2.05, 4.69) is 49.0 Å². The molecule has 4 heteroatoms. The van der Waals surface area contributed by atoms with E-state index in [9.17, 15) is 0 Å². The van der Waals surface area contributed by atoms with Gasteiger partial charge in [-0.05, 0) is 52.0 Å². The van der Waals surface area contributed by atoms with Crippen molar-refractivity contribution in [1.82, 2.24) is 4.98 Å². The Morgan fingerprint density at radius 1 is 1.24 bits per heavy atom. The van der Waals surface area contributed by atoms with Crippen molar-refractivity contribution in [2.45, 2.75) is 12.8 Å². The Kier molecular flexibility index (Phi) is 2.79. The van der Waals surface area contributed by atoms with Gasteiger partial charge < -0.3 is 9.72 Å². The normalized spacial score (nSPS) is 13.1. The lowest BCUT2D eigenvalue weighted by Crippen LogP contribution is -2.06. The van der Waals surface area contributed by atoms with Gasteiger partial charge in [-0.1, -0.05) is 15.9 Å². The first kappa shape index (κ1) is 11.4. The van der Waals surface area contributed by atoms with Crippen LogP contribution in [0.2, 0.25) is 0 Å². The van der Waals surface area contributed by atoms with Crippen LogP contribution in [0.3, 0.4) is 0 Å². The maximum Gasteiger partial charge on any atom is 0.142 e. The van der Waals surface area contributed by atoms with E-state index < -0.39 is 0 Å². The van der Waals surface area contributed by atoms with Gasteiger partial charge in [-0.2, -0.15) is 0 Å². The number of hydrogen-bond acceptors (Lipinski definition) is 1. The lowest BCUT2D eigenvalue weighted by Gasteiger charge is -2.21. The number of ether oxygens (including phenoxy) is 1. The van der Waals surface area contributed by atoms with Crippen LogP contribution in [0.25, 0.3) is 11.3 Å². The van der Waals surface area contributed by atoms with Crippen molar-refractivity contribution in [1.29, 1.82) is 0 Å². The zero-order valence-electron chi connectivity index (χ0n) is 9.31. The Labute approximate surface area is 117 Å². The summed E-state index contributed by atoms with van der Waals surface area (Å²) in [6.45, 7) is 0. The van der Waals surface area contributed by atoms with Crippen LogP contribution in [0.5, 0.6) is 5.75 Å². The highest BCUT2D eigenvalue weighted by molar-refractivity contribution is 9.11. The van der Waals surface area contributed by atoms with Crippen LogP contribution in [0.15, 0.2) is 27.3 Å². The van der Waals surface area contributed by atoms with E-state index in [-0.39, 0.29) is 0 Å². The maximum absolute atomic E-state index is 5.54. The lowest BCUT2D eigenvalue weighted by molar-refractivity contribution is 0.413.